The van der Waals surface area contributed by atoms with Crippen molar-refractivity contribution in [2.45, 2.75) is 6.42 Å². The van der Waals surface area contributed by atoms with Crippen LogP contribution in [0.3, 0.4) is 0 Å². The smallest absolute Gasteiger partial charge is 0.122 e. The predicted octanol–water partition coefficient (Wildman–Crippen LogP) is 3.35. The number of phenolic OH excluding ortho intramolecular Hbond substituents is 2. The van der Waals surface area contributed by atoms with Gasteiger partial charge in [0.25, 0.3) is 0 Å². The molecule has 2 N–H and O–H groups in total. The van der Waals surface area contributed by atoms with Gasteiger partial charge in [-0.15, -0.1) is 0 Å². The van der Waals surface area contributed by atoms with Gasteiger partial charge in [0.1, 0.15) is 11.5 Å². The summed E-state index contributed by atoms with van der Waals surface area (Å²) in [5.41, 5.74) is 1.93. The molecule has 0 heterocycles. The minimum Gasteiger partial charge on any atom is -0.508 e. The maximum Gasteiger partial charge on any atom is 0.122 e. The van der Waals surface area contributed by atoms with E-state index >= 15 is 0 Å². The lowest BCUT2D eigenvalue weighted by molar-refractivity contribution is 0.447. The van der Waals surface area contributed by atoms with E-state index in [1.807, 2.05) is 42.5 Å². The normalized spacial score (nSPS) is 10.8. The Morgan fingerprint density at radius 3 is 2.41 bits per heavy atom. The first-order valence-electron chi connectivity index (χ1n) is 5.48. The van der Waals surface area contributed by atoms with Crippen LogP contribution in [-0.2, 0) is 6.42 Å². The number of phenols is 2. The van der Waals surface area contributed by atoms with Crippen LogP contribution in [0.15, 0.2) is 54.6 Å². The molecule has 0 fully saturated rings. The average Bonchev–Trinajstić information content (AvgIpc) is 2.33. The zero-order valence-electron chi connectivity index (χ0n) is 9.38. The summed E-state index contributed by atoms with van der Waals surface area (Å²) in [6.45, 7) is 0. The fourth-order valence-electron chi connectivity index (χ4n) is 1.61. The molecule has 86 valence electrons. The molecule has 2 aromatic carbocycles. The third-order valence-electron chi connectivity index (χ3n) is 2.52. The quantitative estimate of drug-likeness (QED) is 0.842. The monoisotopic (exact) mass is 226 g/mol. The van der Waals surface area contributed by atoms with Crippen molar-refractivity contribution in [1.82, 2.24) is 0 Å². The first kappa shape index (κ1) is 11.3. The van der Waals surface area contributed by atoms with E-state index in [-0.39, 0.29) is 11.5 Å². The van der Waals surface area contributed by atoms with Gasteiger partial charge in [0.05, 0.1) is 0 Å². The molecule has 0 radical (unpaired) electrons. The van der Waals surface area contributed by atoms with E-state index in [4.69, 9.17) is 5.11 Å². The Balaban J connectivity index is 2.05. The maximum atomic E-state index is 9.59. The lowest BCUT2D eigenvalue weighted by atomic mass is 10.1. The van der Waals surface area contributed by atoms with Gasteiger partial charge < -0.3 is 10.2 Å². The van der Waals surface area contributed by atoms with Crippen LogP contribution in [-0.4, -0.2) is 10.2 Å². The first-order valence-corrected chi connectivity index (χ1v) is 5.48. The average molecular weight is 226 g/mol. The van der Waals surface area contributed by atoms with Crippen LogP contribution in [0.25, 0.3) is 6.08 Å². The minimum atomic E-state index is 0.0817. The second-order valence-corrected chi connectivity index (χ2v) is 3.83. The Labute approximate surface area is 100 Å². The minimum absolute atomic E-state index is 0.0817. The number of aromatic hydroxyl groups is 2. The summed E-state index contributed by atoms with van der Waals surface area (Å²) in [5, 5.41) is 18.8. The number of hydrogen-bond acceptors (Lipinski definition) is 2. The van der Waals surface area contributed by atoms with Gasteiger partial charge in [-0.25, -0.2) is 0 Å². The number of benzene rings is 2. The van der Waals surface area contributed by atoms with Crippen molar-refractivity contribution in [1.29, 1.82) is 0 Å². The third-order valence-corrected chi connectivity index (χ3v) is 2.52. The molecule has 2 rings (SSSR count). The molecule has 0 saturated carbocycles. The van der Waals surface area contributed by atoms with E-state index in [9.17, 15) is 5.11 Å². The summed E-state index contributed by atoms with van der Waals surface area (Å²) in [6, 6.07) is 14.6. The summed E-state index contributed by atoms with van der Waals surface area (Å²) in [7, 11) is 0. The van der Waals surface area contributed by atoms with Crippen LogP contribution in [0.4, 0.5) is 0 Å². The standard InChI is InChI=1S/C15H14O2/c16-14-10-9-13(15(17)11-14)8-4-7-12-5-2-1-3-6-12/h1-7,9-11,16-17H,8H2/b7-4+. The molecule has 0 atom stereocenters. The zero-order chi connectivity index (χ0) is 12.1. The molecule has 0 bridgehead atoms. The second kappa shape index (κ2) is 5.21. The topological polar surface area (TPSA) is 40.5 Å². The van der Waals surface area contributed by atoms with Crippen molar-refractivity contribution in [2.75, 3.05) is 0 Å². The molecule has 0 aromatic heterocycles. The van der Waals surface area contributed by atoms with E-state index < -0.39 is 0 Å². The highest BCUT2D eigenvalue weighted by atomic mass is 16.3. The van der Waals surface area contributed by atoms with E-state index in [1.54, 1.807) is 12.1 Å². The van der Waals surface area contributed by atoms with Crippen LogP contribution in [0.2, 0.25) is 0 Å². The molecule has 17 heavy (non-hydrogen) atoms. The first-order chi connectivity index (χ1) is 8.25. The highest BCUT2D eigenvalue weighted by Crippen LogP contribution is 2.23. The molecule has 2 aromatic rings. The van der Waals surface area contributed by atoms with Crippen molar-refractivity contribution in [3.05, 3.63) is 65.7 Å². The van der Waals surface area contributed by atoms with Crippen molar-refractivity contribution in [3.63, 3.8) is 0 Å². The molecule has 0 saturated heterocycles. The molecule has 0 amide bonds. The van der Waals surface area contributed by atoms with Crippen LogP contribution >= 0.6 is 0 Å². The van der Waals surface area contributed by atoms with Gasteiger partial charge >= 0.3 is 0 Å². The number of allylic oxidation sites excluding steroid dienone is 1. The van der Waals surface area contributed by atoms with Crippen molar-refractivity contribution in [2.24, 2.45) is 0 Å². The lowest BCUT2D eigenvalue weighted by Gasteiger charge is -2.01. The second-order valence-electron chi connectivity index (χ2n) is 3.83. The third kappa shape index (κ3) is 3.11. The predicted molar refractivity (Wildman–Crippen MR) is 69.0 cm³/mol. The van der Waals surface area contributed by atoms with E-state index in [0.29, 0.717) is 6.42 Å². The fourth-order valence-corrected chi connectivity index (χ4v) is 1.61. The van der Waals surface area contributed by atoms with Gasteiger partial charge in [0, 0.05) is 6.07 Å². The summed E-state index contributed by atoms with van der Waals surface area (Å²) < 4.78 is 0. The molecule has 2 nitrogen and oxygen atoms in total. The van der Waals surface area contributed by atoms with Crippen molar-refractivity contribution >= 4 is 6.08 Å². The lowest BCUT2D eigenvalue weighted by Crippen LogP contribution is -1.82. The summed E-state index contributed by atoms with van der Waals surface area (Å²) in [5.74, 6) is 0.209. The molecule has 0 spiro atoms. The van der Waals surface area contributed by atoms with E-state index in [1.165, 1.54) is 6.07 Å². The van der Waals surface area contributed by atoms with Gasteiger partial charge in [-0.3, -0.25) is 0 Å². The van der Waals surface area contributed by atoms with E-state index in [2.05, 4.69) is 0 Å². The Hall–Kier alpha value is -2.22. The van der Waals surface area contributed by atoms with Gasteiger partial charge in [0.15, 0.2) is 0 Å². The largest absolute Gasteiger partial charge is 0.508 e. The Bertz CT molecular complexity index is 516. The van der Waals surface area contributed by atoms with Gasteiger partial charge in [-0.2, -0.15) is 0 Å². The Morgan fingerprint density at radius 2 is 1.71 bits per heavy atom. The molecular formula is C15H14O2. The van der Waals surface area contributed by atoms with E-state index in [0.717, 1.165) is 11.1 Å². The van der Waals surface area contributed by atoms with Crippen LogP contribution < -0.4 is 0 Å². The van der Waals surface area contributed by atoms with Crippen LogP contribution in [0, 0.1) is 0 Å². The molecule has 0 aliphatic rings. The summed E-state index contributed by atoms with van der Waals surface area (Å²) in [6.07, 6.45) is 4.63. The zero-order valence-corrected chi connectivity index (χ0v) is 9.38. The van der Waals surface area contributed by atoms with Crippen LogP contribution in [0.5, 0.6) is 11.5 Å². The molecule has 0 unspecified atom stereocenters. The molecule has 0 aliphatic heterocycles. The highest BCUT2D eigenvalue weighted by Gasteiger charge is 1.99. The fraction of sp³-hybridized carbons (Fsp3) is 0.0667. The highest BCUT2D eigenvalue weighted by molar-refractivity contribution is 5.50. The summed E-state index contributed by atoms with van der Waals surface area (Å²) >= 11 is 0. The van der Waals surface area contributed by atoms with Crippen molar-refractivity contribution in [3.8, 4) is 11.5 Å². The van der Waals surface area contributed by atoms with Gasteiger partial charge in [-0.05, 0) is 23.6 Å². The number of rotatable bonds is 3. The molecular weight excluding hydrogens is 212 g/mol. The Morgan fingerprint density at radius 1 is 0.941 bits per heavy atom. The molecule has 2 heteroatoms. The maximum absolute atomic E-state index is 9.59. The van der Waals surface area contributed by atoms with Crippen molar-refractivity contribution < 1.29 is 10.2 Å². The Kier molecular flexibility index (Phi) is 3.46. The molecule has 0 aliphatic carbocycles. The SMILES string of the molecule is Oc1ccc(C/C=C/c2ccccc2)c(O)c1. The van der Waals surface area contributed by atoms with Crippen LogP contribution in [0.1, 0.15) is 11.1 Å². The number of hydrogen-bond donors (Lipinski definition) is 2. The van der Waals surface area contributed by atoms with Gasteiger partial charge in [0.2, 0.25) is 0 Å². The summed E-state index contributed by atoms with van der Waals surface area (Å²) in [4.78, 5) is 0. The van der Waals surface area contributed by atoms with Gasteiger partial charge in [-0.1, -0.05) is 48.6 Å².